The number of carbonyl (C=O) groups is 1. The first-order valence-electron chi connectivity index (χ1n) is 9.66. The molecule has 0 bridgehead atoms. The Morgan fingerprint density at radius 2 is 2.03 bits per heavy atom. The summed E-state index contributed by atoms with van der Waals surface area (Å²) in [5.41, 5.74) is 2.56. The van der Waals surface area contributed by atoms with Gasteiger partial charge in [0.1, 0.15) is 17.9 Å². The van der Waals surface area contributed by atoms with Crippen molar-refractivity contribution in [2.45, 2.75) is 20.1 Å². The van der Waals surface area contributed by atoms with Crippen molar-refractivity contribution in [2.24, 2.45) is 0 Å². The highest BCUT2D eigenvalue weighted by molar-refractivity contribution is 5.88. The number of fused-ring (bicyclic) bond motifs is 1. The molecule has 2 heterocycles. The summed E-state index contributed by atoms with van der Waals surface area (Å²) in [4.78, 5) is 24.0. The molecule has 4 rings (SSSR count). The second-order valence-electron chi connectivity index (χ2n) is 7.07. The molecule has 7 heteroatoms. The number of aryl methyl sites for hydroxylation is 1. The predicted molar refractivity (Wildman–Crippen MR) is 115 cm³/mol. The van der Waals surface area contributed by atoms with E-state index in [0.717, 1.165) is 11.1 Å². The average molecular weight is 416 g/mol. The monoisotopic (exact) mass is 416 g/mol. The summed E-state index contributed by atoms with van der Waals surface area (Å²) in [6.07, 6.45) is 6.44. The average Bonchev–Trinajstić information content (AvgIpc) is 3.21. The van der Waals surface area contributed by atoms with Gasteiger partial charge >= 0.3 is 11.6 Å². The predicted octanol–water partition coefficient (Wildman–Crippen LogP) is 3.81. The fraction of sp³-hybridized carbons (Fsp3) is 0.125. The number of phenols is 1. The number of rotatable bonds is 6. The van der Waals surface area contributed by atoms with Gasteiger partial charge in [0, 0.05) is 40.4 Å². The third kappa shape index (κ3) is 4.72. The lowest BCUT2D eigenvalue weighted by Crippen LogP contribution is -2.06. The molecule has 0 amide bonds. The molecule has 0 aliphatic heterocycles. The van der Waals surface area contributed by atoms with Crippen molar-refractivity contribution in [3.63, 3.8) is 0 Å². The van der Waals surface area contributed by atoms with E-state index in [0.29, 0.717) is 23.1 Å². The molecule has 7 nitrogen and oxygen atoms in total. The number of benzene rings is 2. The minimum atomic E-state index is -0.575. The standard InChI is InChI=1S/C24H20N2O5/c1-16-21(27)9-8-20-19(11-23(29)31-24(16)20)15-30-22(28)10-7-18-12-25-26(14-18)13-17-5-3-2-4-6-17/h2-12,14,27H,13,15H2,1H3/b10-7+. The van der Waals surface area contributed by atoms with Crippen LogP contribution in [0.1, 0.15) is 22.3 Å². The van der Waals surface area contributed by atoms with Crippen LogP contribution in [0.25, 0.3) is 17.0 Å². The largest absolute Gasteiger partial charge is 0.508 e. The maximum atomic E-state index is 12.2. The lowest BCUT2D eigenvalue weighted by Gasteiger charge is -2.08. The molecule has 0 atom stereocenters. The zero-order chi connectivity index (χ0) is 21.8. The van der Waals surface area contributed by atoms with Crippen LogP contribution in [0.3, 0.4) is 0 Å². The molecule has 4 aromatic rings. The fourth-order valence-electron chi connectivity index (χ4n) is 3.22. The molecule has 0 unspecified atom stereocenters. The Balaban J connectivity index is 1.41. The van der Waals surface area contributed by atoms with Gasteiger partial charge in [-0.25, -0.2) is 9.59 Å². The first kappa shape index (κ1) is 20.2. The Morgan fingerprint density at radius 3 is 2.84 bits per heavy atom. The van der Waals surface area contributed by atoms with Gasteiger partial charge in [0.05, 0.1) is 12.7 Å². The van der Waals surface area contributed by atoms with Crippen molar-refractivity contribution in [3.8, 4) is 5.75 Å². The molecule has 0 radical (unpaired) electrons. The van der Waals surface area contributed by atoms with E-state index in [1.807, 2.05) is 36.5 Å². The normalized spacial score (nSPS) is 11.3. The van der Waals surface area contributed by atoms with Crippen LogP contribution >= 0.6 is 0 Å². The fourth-order valence-corrected chi connectivity index (χ4v) is 3.22. The Kier molecular flexibility index (Phi) is 5.66. The van der Waals surface area contributed by atoms with Crippen molar-refractivity contribution in [1.29, 1.82) is 0 Å². The van der Waals surface area contributed by atoms with Crippen molar-refractivity contribution in [1.82, 2.24) is 9.78 Å². The van der Waals surface area contributed by atoms with E-state index >= 15 is 0 Å². The summed E-state index contributed by atoms with van der Waals surface area (Å²) in [6, 6.07) is 14.4. The van der Waals surface area contributed by atoms with E-state index in [4.69, 9.17) is 9.15 Å². The zero-order valence-corrected chi connectivity index (χ0v) is 16.8. The lowest BCUT2D eigenvalue weighted by atomic mass is 10.1. The molecule has 0 saturated heterocycles. The molecular formula is C24H20N2O5. The molecular weight excluding hydrogens is 396 g/mol. The van der Waals surface area contributed by atoms with Crippen molar-refractivity contribution >= 4 is 23.0 Å². The number of phenolic OH excluding ortho intramolecular Hbond substituents is 1. The Bertz CT molecular complexity index is 1320. The molecule has 2 aromatic carbocycles. The van der Waals surface area contributed by atoms with Gasteiger partial charge in [0.25, 0.3) is 0 Å². The van der Waals surface area contributed by atoms with Gasteiger partial charge in [-0.3, -0.25) is 4.68 Å². The van der Waals surface area contributed by atoms with Crippen LogP contribution in [-0.2, 0) is 22.7 Å². The Morgan fingerprint density at radius 1 is 1.23 bits per heavy atom. The molecule has 0 saturated carbocycles. The maximum Gasteiger partial charge on any atom is 0.336 e. The Labute approximate surface area is 177 Å². The Hall–Kier alpha value is -4.13. The van der Waals surface area contributed by atoms with Gasteiger partial charge in [-0.15, -0.1) is 0 Å². The smallest absolute Gasteiger partial charge is 0.336 e. The van der Waals surface area contributed by atoms with Crippen LogP contribution in [0, 0.1) is 6.92 Å². The van der Waals surface area contributed by atoms with E-state index in [1.165, 1.54) is 18.2 Å². The van der Waals surface area contributed by atoms with Crippen LogP contribution in [0.15, 0.2) is 76.2 Å². The van der Waals surface area contributed by atoms with Gasteiger partial charge in [-0.1, -0.05) is 30.3 Å². The maximum absolute atomic E-state index is 12.2. The van der Waals surface area contributed by atoms with Crippen LogP contribution in [0.4, 0.5) is 0 Å². The third-order valence-electron chi connectivity index (χ3n) is 4.84. The highest BCUT2D eigenvalue weighted by Gasteiger charge is 2.12. The van der Waals surface area contributed by atoms with E-state index in [9.17, 15) is 14.7 Å². The van der Waals surface area contributed by atoms with Crippen molar-refractivity contribution in [3.05, 3.63) is 99.7 Å². The van der Waals surface area contributed by atoms with E-state index in [2.05, 4.69) is 5.10 Å². The molecule has 1 N–H and O–H groups in total. The summed E-state index contributed by atoms with van der Waals surface area (Å²) >= 11 is 0. The van der Waals surface area contributed by atoms with Crippen LogP contribution in [0.5, 0.6) is 5.75 Å². The minimum Gasteiger partial charge on any atom is -0.508 e. The number of hydrogen-bond donors (Lipinski definition) is 1. The highest BCUT2D eigenvalue weighted by Crippen LogP contribution is 2.27. The number of aromatic hydroxyl groups is 1. The topological polar surface area (TPSA) is 94.6 Å². The molecule has 0 aliphatic rings. The SMILES string of the molecule is Cc1c(O)ccc2c(COC(=O)/C=C/c3cnn(Cc4ccccc4)c3)cc(=O)oc12. The molecule has 31 heavy (non-hydrogen) atoms. The van der Waals surface area contributed by atoms with E-state index < -0.39 is 11.6 Å². The molecule has 156 valence electrons. The van der Waals surface area contributed by atoms with Crippen molar-refractivity contribution in [2.75, 3.05) is 0 Å². The second-order valence-corrected chi connectivity index (χ2v) is 7.07. The van der Waals surface area contributed by atoms with E-state index in [-0.39, 0.29) is 17.9 Å². The first-order valence-corrected chi connectivity index (χ1v) is 9.66. The van der Waals surface area contributed by atoms with Crippen LogP contribution < -0.4 is 5.63 Å². The number of aromatic nitrogens is 2. The molecule has 0 spiro atoms. The van der Waals surface area contributed by atoms with Gasteiger partial charge in [0.2, 0.25) is 0 Å². The molecule has 0 aliphatic carbocycles. The molecule has 0 fully saturated rings. The molecule has 2 aromatic heterocycles. The first-order chi connectivity index (χ1) is 15.0. The quantitative estimate of drug-likeness (QED) is 0.292. The van der Waals surface area contributed by atoms with Crippen molar-refractivity contribution < 1.29 is 19.1 Å². The number of ether oxygens (including phenoxy) is 1. The number of carbonyl (C=O) groups excluding carboxylic acids is 1. The number of esters is 1. The summed E-state index contributed by atoms with van der Waals surface area (Å²) in [5.74, 6) is -0.520. The van der Waals surface area contributed by atoms with Crippen LogP contribution in [0.2, 0.25) is 0 Å². The summed E-state index contributed by atoms with van der Waals surface area (Å²) in [5, 5.41) is 14.7. The highest BCUT2D eigenvalue weighted by atomic mass is 16.5. The second kappa shape index (κ2) is 8.71. The minimum absolute atomic E-state index is 0.0283. The van der Waals surface area contributed by atoms with E-state index in [1.54, 1.807) is 29.9 Å². The summed E-state index contributed by atoms with van der Waals surface area (Å²) < 4.78 is 12.3. The van der Waals surface area contributed by atoms with Crippen LogP contribution in [-0.4, -0.2) is 20.9 Å². The number of hydrogen-bond acceptors (Lipinski definition) is 6. The van der Waals surface area contributed by atoms with Gasteiger partial charge in [0.15, 0.2) is 0 Å². The summed E-state index contributed by atoms with van der Waals surface area (Å²) in [6.45, 7) is 2.19. The lowest BCUT2D eigenvalue weighted by molar-refractivity contribution is -0.138. The van der Waals surface area contributed by atoms with Gasteiger partial charge in [-0.2, -0.15) is 5.10 Å². The third-order valence-corrected chi connectivity index (χ3v) is 4.84. The zero-order valence-electron chi connectivity index (χ0n) is 16.8. The summed E-state index contributed by atoms with van der Waals surface area (Å²) in [7, 11) is 0. The number of nitrogens with zero attached hydrogens (tertiary/aromatic N) is 2. The van der Waals surface area contributed by atoms with Gasteiger partial charge < -0.3 is 14.3 Å². The van der Waals surface area contributed by atoms with Gasteiger partial charge in [-0.05, 0) is 30.7 Å².